The normalized spacial score (nSPS) is 12.3. The number of carbonyl (C=O) groups is 1. The molecule has 0 atom stereocenters. The molecule has 1 N–H and O–H groups in total. The van der Waals surface area contributed by atoms with Gasteiger partial charge in [0.1, 0.15) is 9.77 Å². The van der Waals surface area contributed by atoms with E-state index in [1.165, 1.54) is 22.8 Å². The minimum atomic E-state index is -3.70. The van der Waals surface area contributed by atoms with Crippen LogP contribution in [0, 0.1) is 5.92 Å². The van der Waals surface area contributed by atoms with Crippen molar-refractivity contribution in [3.8, 4) is 0 Å². The second-order valence-corrected chi connectivity index (χ2v) is 7.03. The van der Waals surface area contributed by atoms with Gasteiger partial charge in [0.15, 0.2) is 0 Å². The first-order valence-corrected chi connectivity index (χ1v) is 7.36. The second kappa shape index (κ2) is 5.16. The first-order chi connectivity index (χ1) is 7.76. The summed E-state index contributed by atoms with van der Waals surface area (Å²) in [5.41, 5.74) is 0. The van der Waals surface area contributed by atoms with E-state index in [0.717, 1.165) is 11.3 Å². The number of carboxylic acid groups (broad SMARTS) is 1. The predicted molar refractivity (Wildman–Crippen MR) is 65.9 cm³/mol. The van der Waals surface area contributed by atoms with E-state index in [9.17, 15) is 13.2 Å². The van der Waals surface area contributed by atoms with E-state index >= 15 is 0 Å². The van der Waals surface area contributed by atoms with Gasteiger partial charge in [0, 0.05) is 13.6 Å². The van der Waals surface area contributed by atoms with Gasteiger partial charge >= 0.3 is 5.97 Å². The van der Waals surface area contributed by atoms with Crippen molar-refractivity contribution in [3.63, 3.8) is 0 Å². The zero-order chi connectivity index (χ0) is 13.2. The summed E-state index contributed by atoms with van der Waals surface area (Å²) in [6.45, 7) is 4.16. The first-order valence-electron chi connectivity index (χ1n) is 5.04. The molecule has 0 aliphatic rings. The highest BCUT2D eigenvalue weighted by molar-refractivity contribution is 7.89. The Bertz CT molecular complexity index is 504. The van der Waals surface area contributed by atoms with Gasteiger partial charge in [-0.1, -0.05) is 13.8 Å². The Morgan fingerprint density at radius 1 is 1.53 bits per heavy atom. The van der Waals surface area contributed by atoms with Gasteiger partial charge in [-0.3, -0.25) is 0 Å². The molecular formula is C10H15NO4S2. The zero-order valence-electron chi connectivity index (χ0n) is 9.87. The topological polar surface area (TPSA) is 74.7 Å². The fourth-order valence-electron chi connectivity index (χ4n) is 1.44. The Morgan fingerprint density at radius 3 is 2.59 bits per heavy atom. The van der Waals surface area contributed by atoms with E-state index in [2.05, 4.69) is 0 Å². The number of carboxylic acids is 1. The van der Waals surface area contributed by atoms with Crippen molar-refractivity contribution in [1.82, 2.24) is 4.31 Å². The second-order valence-electron chi connectivity index (χ2n) is 4.10. The SMILES string of the molecule is CC(C)CN(C)S(=O)(=O)c1ccsc1C(=O)O. The number of aromatic carboxylic acids is 1. The van der Waals surface area contributed by atoms with Crippen LogP contribution in [0.4, 0.5) is 0 Å². The van der Waals surface area contributed by atoms with Crippen molar-refractivity contribution in [2.75, 3.05) is 13.6 Å². The largest absolute Gasteiger partial charge is 0.477 e. The summed E-state index contributed by atoms with van der Waals surface area (Å²) in [6.07, 6.45) is 0. The van der Waals surface area contributed by atoms with Gasteiger partial charge in [0.25, 0.3) is 0 Å². The number of thiophene rings is 1. The molecule has 0 unspecified atom stereocenters. The summed E-state index contributed by atoms with van der Waals surface area (Å²) in [6, 6.07) is 1.33. The van der Waals surface area contributed by atoms with Crippen LogP contribution in [0.15, 0.2) is 16.3 Å². The van der Waals surface area contributed by atoms with Crippen LogP contribution in [0.5, 0.6) is 0 Å². The minimum Gasteiger partial charge on any atom is -0.477 e. The molecule has 0 bridgehead atoms. The maximum atomic E-state index is 12.1. The summed E-state index contributed by atoms with van der Waals surface area (Å²) >= 11 is 0.915. The van der Waals surface area contributed by atoms with Crippen LogP contribution >= 0.6 is 11.3 Å². The molecule has 7 heteroatoms. The molecule has 0 spiro atoms. The van der Waals surface area contributed by atoms with E-state index < -0.39 is 16.0 Å². The Kier molecular flexibility index (Phi) is 4.29. The van der Waals surface area contributed by atoms with Crippen LogP contribution in [0.3, 0.4) is 0 Å². The standard InChI is InChI=1S/C10H15NO4S2/c1-7(2)6-11(3)17(14,15)8-4-5-16-9(8)10(12)13/h4-5,7H,6H2,1-3H3,(H,12,13). The number of hydrogen-bond donors (Lipinski definition) is 1. The lowest BCUT2D eigenvalue weighted by Crippen LogP contribution is -2.31. The van der Waals surface area contributed by atoms with Crippen LogP contribution in [-0.2, 0) is 10.0 Å². The van der Waals surface area contributed by atoms with E-state index in [1.807, 2.05) is 13.8 Å². The van der Waals surface area contributed by atoms with Gasteiger partial charge in [0.2, 0.25) is 10.0 Å². The minimum absolute atomic E-state index is 0.127. The van der Waals surface area contributed by atoms with E-state index in [1.54, 1.807) is 0 Å². The molecule has 5 nitrogen and oxygen atoms in total. The molecule has 0 amide bonds. The highest BCUT2D eigenvalue weighted by Gasteiger charge is 2.27. The smallest absolute Gasteiger partial charge is 0.347 e. The lowest BCUT2D eigenvalue weighted by Gasteiger charge is -2.18. The number of nitrogens with zero attached hydrogens (tertiary/aromatic N) is 1. The molecular weight excluding hydrogens is 262 g/mol. The molecule has 1 aromatic heterocycles. The van der Waals surface area contributed by atoms with Crippen LogP contribution in [0.1, 0.15) is 23.5 Å². The Labute approximate surface area is 105 Å². The maximum absolute atomic E-state index is 12.1. The fraction of sp³-hybridized carbons (Fsp3) is 0.500. The zero-order valence-corrected chi connectivity index (χ0v) is 11.5. The van der Waals surface area contributed by atoms with E-state index in [4.69, 9.17) is 5.11 Å². The molecule has 1 rings (SSSR count). The molecule has 0 saturated heterocycles. The summed E-state index contributed by atoms with van der Waals surface area (Å²) in [5, 5.41) is 10.4. The van der Waals surface area contributed by atoms with Crippen LogP contribution in [0.2, 0.25) is 0 Å². The molecule has 96 valence electrons. The van der Waals surface area contributed by atoms with Crippen LogP contribution < -0.4 is 0 Å². The number of rotatable bonds is 5. The molecule has 17 heavy (non-hydrogen) atoms. The van der Waals surface area contributed by atoms with E-state index in [0.29, 0.717) is 6.54 Å². The van der Waals surface area contributed by atoms with Gasteiger partial charge in [-0.05, 0) is 17.4 Å². The average molecular weight is 277 g/mol. The number of sulfonamides is 1. The third-order valence-corrected chi connectivity index (χ3v) is 5.03. The average Bonchev–Trinajstić information content (AvgIpc) is 2.64. The molecule has 1 aromatic rings. The Balaban J connectivity index is 3.13. The summed E-state index contributed by atoms with van der Waals surface area (Å²) in [4.78, 5) is 10.6. The highest BCUT2D eigenvalue weighted by Crippen LogP contribution is 2.24. The molecule has 0 aliphatic heterocycles. The molecule has 0 fully saturated rings. The molecule has 0 aliphatic carbocycles. The van der Waals surface area contributed by atoms with Gasteiger partial charge < -0.3 is 5.11 Å². The quantitative estimate of drug-likeness (QED) is 0.889. The third-order valence-electron chi connectivity index (χ3n) is 2.13. The Hall–Kier alpha value is -0.920. The van der Waals surface area contributed by atoms with E-state index in [-0.39, 0.29) is 15.7 Å². The van der Waals surface area contributed by atoms with Gasteiger partial charge in [-0.2, -0.15) is 0 Å². The summed E-state index contributed by atoms with van der Waals surface area (Å²) in [7, 11) is -2.25. The van der Waals surface area contributed by atoms with Crippen molar-refractivity contribution in [2.45, 2.75) is 18.7 Å². The molecule has 0 radical (unpaired) electrons. The van der Waals surface area contributed by atoms with Crippen molar-refractivity contribution >= 4 is 27.3 Å². The molecule has 1 heterocycles. The number of hydrogen-bond acceptors (Lipinski definition) is 4. The maximum Gasteiger partial charge on any atom is 0.347 e. The highest BCUT2D eigenvalue weighted by atomic mass is 32.2. The van der Waals surface area contributed by atoms with Crippen molar-refractivity contribution in [2.24, 2.45) is 5.92 Å². The van der Waals surface area contributed by atoms with Crippen molar-refractivity contribution in [1.29, 1.82) is 0 Å². The van der Waals surface area contributed by atoms with Crippen LogP contribution in [-0.4, -0.2) is 37.4 Å². The third kappa shape index (κ3) is 3.05. The molecule has 0 aromatic carbocycles. The monoisotopic (exact) mass is 277 g/mol. The van der Waals surface area contributed by atoms with Crippen LogP contribution in [0.25, 0.3) is 0 Å². The predicted octanol–water partition coefficient (Wildman–Crippen LogP) is 1.72. The van der Waals surface area contributed by atoms with Gasteiger partial charge in [0.05, 0.1) is 0 Å². The van der Waals surface area contributed by atoms with Crippen molar-refractivity contribution in [3.05, 3.63) is 16.3 Å². The lowest BCUT2D eigenvalue weighted by molar-refractivity contribution is 0.0698. The summed E-state index contributed by atoms with van der Waals surface area (Å²) in [5.74, 6) is -1.03. The molecule has 0 saturated carbocycles. The fourth-order valence-corrected chi connectivity index (χ4v) is 4.00. The van der Waals surface area contributed by atoms with Gasteiger partial charge in [-0.15, -0.1) is 11.3 Å². The lowest BCUT2D eigenvalue weighted by atomic mass is 10.2. The Morgan fingerprint density at radius 2 is 2.12 bits per heavy atom. The van der Waals surface area contributed by atoms with Crippen molar-refractivity contribution < 1.29 is 18.3 Å². The first kappa shape index (κ1) is 14.1. The van der Waals surface area contributed by atoms with Gasteiger partial charge in [-0.25, -0.2) is 17.5 Å². The summed E-state index contributed by atoms with van der Waals surface area (Å²) < 4.78 is 25.4.